The van der Waals surface area contributed by atoms with Crippen LogP contribution in [0.25, 0.3) is 0 Å². The predicted molar refractivity (Wildman–Crippen MR) is 78.7 cm³/mol. The van der Waals surface area contributed by atoms with Gasteiger partial charge in [-0.3, -0.25) is 0 Å². The third-order valence-electron chi connectivity index (χ3n) is 3.03. The highest BCUT2D eigenvalue weighted by Gasteiger charge is 2.23. The second-order valence-corrected chi connectivity index (χ2v) is 5.72. The van der Waals surface area contributed by atoms with Gasteiger partial charge in [0.15, 0.2) is 5.69 Å². The van der Waals surface area contributed by atoms with Crippen molar-refractivity contribution in [2.75, 3.05) is 7.11 Å². The van der Waals surface area contributed by atoms with E-state index < -0.39 is 5.97 Å². The van der Waals surface area contributed by atoms with Crippen molar-refractivity contribution in [3.63, 3.8) is 0 Å². The summed E-state index contributed by atoms with van der Waals surface area (Å²) >= 11 is 3.38. The lowest BCUT2D eigenvalue weighted by atomic mass is 10.1. The van der Waals surface area contributed by atoms with Gasteiger partial charge in [0.25, 0.3) is 0 Å². The molecule has 0 fully saturated rings. The molecule has 2 rings (SSSR count). The Hall–Kier alpha value is -1.76. The number of nitrogens with zero attached hydrogens (tertiary/aromatic N) is 3. The zero-order valence-electron chi connectivity index (χ0n) is 11.9. The van der Waals surface area contributed by atoms with E-state index in [-0.39, 0.29) is 17.4 Å². The van der Waals surface area contributed by atoms with Gasteiger partial charge >= 0.3 is 5.97 Å². The molecule has 0 spiro atoms. The van der Waals surface area contributed by atoms with Crippen LogP contribution in [0.4, 0.5) is 4.39 Å². The molecule has 0 saturated heterocycles. The molecule has 5 nitrogen and oxygen atoms in total. The SMILES string of the molecule is COC(=O)c1nnn(Cc2cc(F)ccc2Br)c1C(C)C. The van der Waals surface area contributed by atoms with Crippen LogP contribution in [0.15, 0.2) is 22.7 Å². The van der Waals surface area contributed by atoms with Crippen LogP contribution in [0, 0.1) is 5.82 Å². The molecule has 2 aromatic rings. The molecular formula is C14H15BrFN3O2. The van der Waals surface area contributed by atoms with Crippen molar-refractivity contribution >= 4 is 21.9 Å². The summed E-state index contributed by atoms with van der Waals surface area (Å²) in [5, 5.41) is 7.88. The molecule has 0 N–H and O–H groups in total. The lowest BCUT2D eigenvalue weighted by Crippen LogP contribution is -2.12. The number of ether oxygens (including phenoxy) is 1. The van der Waals surface area contributed by atoms with E-state index in [2.05, 4.69) is 26.2 Å². The number of hydrogen-bond donors (Lipinski definition) is 0. The van der Waals surface area contributed by atoms with Gasteiger partial charge in [0.05, 0.1) is 19.3 Å². The minimum absolute atomic E-state index is 0.0291. The number of aromatic nitrogens is 3. The smallest absolute Gasteiger partial charge is 0.360 e. The topological polar surface area (TPSA) is 57.0 Å². The molecule has 0 atom stereocenters. The van der Waals surface area contributed by atoms with Crippen LogP contribution in [0.1, 0.15) is 41.5 Å². The highest BCUT2D eigenvalue weighted by atomic mass is 79.9. The fourth-order valence-corrected chi connectivity index (χ4v) is 2.45. The fourth-order valence-electron chi connectivity index (χ4n) is 2.08. The molecule has 0 amide bonds. The summed E-state index contributed by atoms with van der Waals surface area (Å²) in [6.45, 7) is 4.18. The summed E-state index contributed by atoms with van der Waals surface area (Å²) in [7, 11) is 1.30. The Morgan fingerprint density at radius 2 is 2.19 bits per heavy atom. The van der Waals surface area contributed by atoms with Gasteiger partial charge in [0.2, 0.25) is 0 Å². The van der Waals surface area contributed by atoms with E-state index in [1.807, 2.05) is 13.8 Å². The Morgan fingerprint density at radius 3 is 2.81 bits per heavy atom. The normalized spacial score (nSPS) is 11.0. The Balaban J connectivity index is 2.43. The van der Waals surface area contributed by atoms with Crippen LogP contribution < -0.4 is 0 Å². The number of hydrogen-bond acceptors (Lipinski definition) is 4. The van der Waals surface area contributed by atoms with Crippen molar-refractivity contribution in [2.24, 2.45) is 0 Å². The van der Waals surface area contributed by atoms with E-state index in [4.69, 9.17) is 4.74 Å². The molecule has 1 aromatic heterocycles. The van der Waals surface area contributed by atoms with Crippen LogP contribution in [-0.2, 0) is 11.3 Å². The lowest BCUT2D eigenvalue weighted by Gasteiger charge is -2.11. The summed E-state index contributed by atoms with van der Waals surface area (Å²) in [5.41, 5.74) is 1.58. The first kappa shape index (κ1) is 15.6. The first-order chi connectivity index (χ1) is 9.93. The molecule has 7 heteroatoms. The highest BCUT2D eigenvalue weighted by molar-refractivity contribution is 9.10. The van der Waals surface area contributed by atoms with Gasteiger partial charge in [-0.25, -0.2) is 13.9 Å². The standard InChI is InChI=1S/C14H15BrFN3O2/c1-8(2)13-12(14(20)21-3)17-18-19(13)7-9-6-10(16)4-5-11(9)15/h4-6,8H,7H2,1-3H3. The van der Waals surface area contributed by atoms with Gasteiger partial charge in [-0.2, -0.15) is 0 Å². The number of halogens is 2. The maximum Gasteiger partial charge on any atom is 0.360 e. The Labute approximate surface area is 130 Å². The molecule has 1 heterocycles. The molecular weight excluding hydrogens is 341 g/mol. The van der Waals surface area contributed by atoms with Crippen molar-refractivity contribution < 1.29 is 13.9 Å². The first-order valence-electron chi connectivity index (χ1n) is 6.39. The van der Waals surface area contributed by atoms with E-state index >= 15 is 0 Å². The Bertz CT molecular complexity index is 670. The van der Waals surface area contributed by atoms with E-state index in [1.165, 1.54) is 19.2 Å². The average Bonchev–Trinajstić information content (AvgIpc) is 2.86. The van der Waals surface area contributed by atoms with Crippen LogP contribution in [0.2, 0.25) is 0 Å². The maximum atomic E-state index is 13.4. The Kier molecular flexibility index (Phi) is 4.72. The van der Waals surface area contributed by atoms with Gasteiger partial charge in [-0.1, -0.05) is 35.0 Å². The molecule has 21 heavy (non-hydrogen) atoms. The van der Waals surface area contributed by atoms with Gasteiger partial charge in [0, 0.05) is 4.47 Å². The van der Waals surface area contributed by atoms with Crippen molar-refractivity contribution in [1.82, 2.24) is 15.0 Å². The molecule has 0 aliphatic carbocycles. The zero-order valence-corrected chi connectivity index (χ0v) is 13.5. The van der Waals surface area contributed by atoms with E-state index in [1.54, 1.807) is 10.7 Å². The summed E-state index contributed by atoms with van der Waals surface area (Å²) in [6.07, 6.45) is 0. The third kappa shape index (κ3) is 3.29. The van der Waals surface area contributed by atoms with Crippen LogP contribution in [0.3, 0.4) is 0 Å². The highest BCUT2D eigenvalue weighted by Crippen LogP contribution is 2.23. The minimum Gasteiger partial charge on any atom is -0.464 e. The van der Waals surface area contributed by atoms with E-state index in [0.717, 1.165) is 10.0 Å². The molecule has 112 valence electrons. The maximum absolute atomic E-state index is 13.4. The zero-order chi connectivity index (χ0) is 15.6. The number of rotatable bonds is 4. The van der Waals surface area contributed by atoms with Crippen LogP contribution in [0.5, 0.6) is 0 Å². The summed E-state index contributed by atoms with van der Waals surface area (Å²) in [4.78, 5) is 11.7. The van der Waals surface area contributed by atoms with Gasteiger partial charge in [-0.15, -0.1) is 5.10 Å². The van der Waals surface area contributed by atoms with Crippen molar-refractivity contribution in [1.29, 1.82) is 0 Å². The van der Waals surface area contributed by atoms with Crippen molar-refractivity contribution in [3.05, 3.63) is 45.4 Å². The first-order valence-corrected chi connectivity index (χ1v) is 7.19. The largest absolute Gasteiger partial charge is 0.464 e. The molecule has 0 aliphatic rings. The molecule has 0 saturated carbocycles. The van der Waals surface area contributed by atoms with E-state index in [9.17, 15) is 9.18 Å². The van der Waals surface area contributed by atoms with Crippen LogP contribution in [-0.4, -0.2) is 28.1 Å². The van der Waals surface area contributed by atoms with Gasteiger partial charge in [0.1, 0.15) is 5.82 Å². The predicted octanol–water partition coefficient (Wildman–Crippen LogP) is 3.14. The van der Waals surface area contributed by atoms with Gasteiger partial charge in [-0.05, 0) is 29.7 Å². The molecule has 0 bridgehead atoms. The number of carbonyl (C=O) groups is 1. The minimum atomic E-state index is -0.525. The van der Waals surface area contributed by atoms with E-state index in [0.29, 0.717) is 12.2 Å². The second kappa shape index (κ2) is 6.34. The number of methoxy groups -OCH3 is 1. The third-order valence-corrected chi connectivity index (χ3v) is 3.80. The lowest BCUT2D eigenvalue weighted by molar-refractivity contribution is 0.0592. The summed E-state index contributed by atoms with van der Waals surface area (Å²) < 4.78 is 20.4. The molecule has 0 radical (unpaired) electrons. The number of benzene rings is 1. The number of carbonyl (C=O) groups excluding carboxylic acids is 1. The summed E-state index contributed by atoms with van der Waals surface area (Å²) in [5.74, 6) is -0.822. The second-order valence-electron chi connectivity index (χ2n) is 4.86. The molecule has 1 aromatic carbocycles. The molecule has 0 unspecified atom stereocenters. The van der Waals surface area contributed by atoms with Gasteiger partial charge < -0.3 is 4.74 Å². The molecule has 0 aliphatic heterocycles. The monoisotopic (exact) mass is 355 g/mol. The Morgan fingerprint density at radius 1 is 1.48 bits per heavy atom. The number of esters is 1. The quantitative estimate of drug-likeness (QED) is 0.790. The average molecular weight is 356 g/mol. The van der Waals surface area contributed by atoms with Crippen molar-refractivity contribution in [3.8, 4) is 0 Å². The van der Waals surface area contributed by atoms with Crippen molar-refractivity contribution in [2.45, 2.75) is 26.3 Å². The fraction of sp³-hybridized carbons (Fsp3) is 0.357. The van der Waals surface area contributed by atoms with Crippen LogP contribution >= 0.6 is 15.9 Å². The summed E-state index contributed by atoms with van der Waals surface area (Å²) in [6, 6.07) is 4.43.